The second-order valence-corrected chi connectivity index (χ2v) is 7.84. The van der Waals surface area contributed by atoms with Crippen LogP contribution in [-0.4, -0.2) is 16.7 Å². The van der Waals surface area contributed by atoms with E-state index < -0.39 is 0 Å². The number of thioether (sulfide) groups is 1. The molecule has 0 N–H and O–H groups in total. The first-order valence-electron chi connectivity index (χ1n) is 9.16. The summed E-state index contributed by atoms with van der Waals surface area (Å²) < 4.78 is 20.4. The number of halogens is 1. The molecule has 29 heavy (non-hydrogen) atoms. The SMILES string of the molecule is COc1ccccc1-n1c(S[C@H](C)c2ccc(F)cc2)nc2ccccc2c1=O. The Morgan fingerprint density at radius 1 is 1.00 bits per heavy atom. The summed E-state index contributed by atoms with van der Waals surface area (Å²) in [5.41, 5.74) is 2.06. The second-order valence-electron chi connectivity index (χ2n) is 6.54. The first-order chi connectivity index (χ1) is 14.1. The lowest BCUT2D eigenvalue weighted by atomic mass is 10.2. The Labute approximate surface area is 172 Å². The Morgan fingerprint density at radius 3 is 2.45 bits per heavy atom. The van der Waals surface area contributed by atoms with E-state index in [0.717, 1.165) is 5.56 Å². The molecule has 0 saturated carbocycles. The molecule has 0 spiro atoms. The van der Waals surface area contributed by atoms with Crippen molar-refractivity contribution in [1.29, 1.82) is 0 Å². The zero-order chi connectivity index (χ0) is 20.4. The lowest BCUT2D eigenvalue weighted by Crippen LogP contribution is -2.22. The van der Waals surface area contributed by atoms with E-state index in [2.05, 4.69) is 0 Å². The van der Waals surface area contributed by atoms with E-state index in [9.17, 15) is 9.18 Å². The maximum Gasteiger partial charge on any atom is 0.266 e. The molecule has 0 aliphatic carbocycles. The van der Waals surface area contributed by atoms with Crippen molar-refractivity contribution in [3.05, 3.63) is 94.5 Å². The molecule has 6 heteroatoms. The van der Waals surface area contributed by atoms with Gasteiger partial charge in [-0.15, -0.1) is 0 Å². The van der Waals surface area contributed by atoms with E-state index in [4.69, 9.17) is 9.72 Å². The predicted octanol–water partition coefficient (Wildman–Crippen LogP) is 5.39. The van der Waals surface area contributed by atoms with Gasteiger partial charge in [0.2, 0.25) is 0 Å². The van der Waals surface area contributed by atoms with Crippen molar-refractivity contribution in [3.8, 4) is 11.4 Å². The highest BCUT2D eigenvalue weighted by atomic mass is 32.2. The average molecular weight is 406 g/mol. The highest BCUT2D eigenvalue weighted by Gasteiger charge is 2.19. The van der Waals surface area contributed by atoms with Gasteiger partial charge in [-0.05, 0) is 48.9 Å². The van der Waals surface area contributed by atoms with Crippen molar-refractivity contribution in [1.82, 2.24) is 9.55 Å². The van der Waals surface area contributed by atoms with E-state index in [0.29, 0.717) is 27.5 Å². The summed E-state index contributed by atoms with van der Waals surface area (Å²) in [5.74, 6) is 0.309. The molecule has 0 amide bonds. The summed E-state index contributed by atoms with van der Waals surface area (Å²) in [7, 11) is 1.58. The standard InChI is InChI=1S/C23H19FN2O2S/c1-15(16-11-13-17(24)14-12-16)29-23-25-19-8-4-3-7-18(19)22(27)26(23)20-9-5-6-10-21(20)28-2/h3-15H,1-2H3/t15-/m1/s1. The van der Waals surface area contributed by atoms with Crippen molar-refractivity contribution in [2.24, 2.45) is 0 Å². The van der Waals surface area contributed by atoms with E-state index in [1.165, 1.54) is 23.9 Å². The van der Waals surface area contributed by atoms with Crippen LogP contribution < -0.4 is 10.3 Å². The van der Waals surface area contributed by atoms with Gasteiger partial charge in [-0.1, -0.05) is 48.2 Å². The molecule has 0 aliphatic heterocycles. The third kappa shape index (κ3) is 3.76. The van der Waals surface area contributed by atoms with Crippen molar-refractivity contribution in [2.75, 3.05) is 7.11 Å². The molecule has 1 atom stereocenters. The number of aromatic nitrogens is 2. The minimum atomic E-state index is -0.277. The first-order valence-corrected chi connectivity index (χ1v) is 10.0. The molecule has 0 radical (unpaired) electrons. The molecule has 0 unspecified atom stereocenters. The number of ether oxygens (including phenoxy) is 1. The van der Waals surface area contributed by atoms with Crippen LogP contribution >= 0.6 is 11.8 Å². The molecule has 4 nitrogen and oxygen atoms in total. The number of hydrogen-bond donors (Lipinski definition) is 0. The minimum Gasteiger partial charge on any atom is -0.495 e. The van der Waals surface area contributed by atoms with Crippen LogP contribution in [-0.2, 0) is 0 Å². The fraction of sp³-hybridized carbons (Fsp3) is 0.130. The summed E-state index contributed by atoms with van der Waals surface area (Å²) in [4.78, 5) is 18.2. The van der Waals surface area contributed by atoms with Gasteiger partial charge >= 0.3 is 0 Å². The third-order valence-electron chi connectivity index (χ3n) is 4.69. The van der Waals surface area contributed by atoms with Crippen molar-refractivity contribution < 1.29 is 9.13 Å². The Morgan fingerprint density at radius 2 is 1.69 bits per heavy atom. The largest absolute Gasteiger partial charge is 0.495 e. The number of benzene rings is 3. The Kier molecular flexibility index (Phi) is 5.36. The molecule has 0 bridgehead atoms. The predicted molar refractivity (Wildman–Crippen MR) is 115 cm³/mol. The average Bonchev–Trinajstić information content (AvgIpc) is 2.74. The zero-order valence-electron chi connectivity index (χ0n) is 16.0. The summed E-state index contributed by atoms with van der Waals surface area (Å²) in [5, 5.41) is 1.05. The van der Waals surface area contributed by atoms with Gasteiger partial charge in [0.25, 0.3) is 5.56 Å². The van der Waals surface area contributed by atoms with Crippen molar-refractivity contribution >= 4 is 22.7 Å². The molecule has 0 fully saturated rings. The highest BCUT2D eigenvalue weighted by Crippen LogP contribution is 2.36. The van der Waals surface area contributed by atoms with Crippen LogP contribution in [0.15, 0.2) is 82.7 Å². The summed E-state index contributed by atoms with van der Waals surface area (Å²) in [6, 6.07) is 21.0. The van der Waals surface area contributed by atoms with Crippen LogP contribution in [0.25, 0.3) is 16.6 Å². The smallest absolute Gasteiger partial charge is 0.266 e. The molecule has 1 heterocycles. The number of fused-ring (bicyclic) bond motifs is 1. The van der Waals surface area contributed by atoms with Crippen LogP contribution in [0.1, 0.15) is 17.7 Å². The quantitative estimate of drug-likeness (QED) is 0.329. The summed E-state index contributed by atoms with van der Waals surface area (Å²) >= 11 is 1.45. The van der Waals surface area contributed by atoms with Gasteiger partial charge in [0, 0.05) is 5.25 Å². The van der Waals surface area contributed by atoms with Crippen molar-refractivity contribution in [3.63, 3.8) is 0 Å². The van der Waals surface area contributed by atoms with Gasteiger partial charge in [-0.2, -0.15) is 0 Å². The molecule has 3 aromatic carbocycles. The highest BCUT2D eigenvalue weighted by molar-refractivity contribution is 7.99. The lowest BCUT2D eigenvalue weighted by Gasteiger charge is -2.18. The molecule has 0 saturated heterocycles. The Hall–Kier alpha value is -3.12. The summed E-state index contributed by atoms with van der Waals surface area (Å²) in [6.45, 7) is 2.01. The van der Waals surface area contributed by atoms with Crippen LogP contribution in [0, 0.1) is 5.82 Å². The first kappa shape index (κ1) is 19.2. The normalized spacial score (nSPS) is 12.1. The maximum absolute atomic E-state index is 13.4. The Bertz CT molecular complexity index is 1220. The minimum absolute atomic E-state index is 0.0374. The van der Waals surface area contributed by atoms with Crippen LogP contribution in [0.4, 0.5) is 4.39 Å². The Balaban J connectivity index is 1.90. The molecule has 146 valence electrons. The third-order valence-corrected chi connectivity index (χ3v) is 5.80. The molecule has 0 aliphatic rings. The number of rotatable bonds is 5. The fourth-order valence-electron chi connectivity index (χ4n) is 3.18. The van der Waals surface area contributed by atoms with Gasteiger partial charge in [0.1, 0.15) is 11.6 Å². The summed E-state index contributed by atoms with van der Waals surface area (Å²) in [6.07, 6.45) is 0. The van der Waals surface area contributed by atoms with E-state index >= 15 is 0 Å². The van der Waals surface area contributed by atoms with Gasteiger partial charge < -0.3 is 4.74 Å². The molecule has 1 aromatic heterocycles. The number of para-hydroxylation sites is 3. The van der Waals surface area contributed by atoms with Gasteiger partial charge in [-0.3, -0.25) is 9.36 Å². The van der Waals surface area contributed by atoms with Crippen LogP contribution in [0.2, 0.25) is 0 Å². The molecule has 4 aromatic rings. The maximum atomic E-state index is 13.4. The molecule has 4 rings (SSSR count). The van der Waals surface area contributed by atoms with Gasteiger partial charge in [0.15, 0.2) is 5.16 Å². The number of methoxy groups -OCH3 is 1. The van der Waals surface area contributed by atoms with E-state index in [1.54, 1.807) is 29.9 Å². The monoisotopic (exact) mass is 406 g/mol. The van der Waals surface area contributed by atoms with Gasteiger partial charge in [-0.25, -0.2) is 9.37 Å². The second kappa shape index (κ2) is 8.09. The number of nitrogens with zero attached hydrogens (tertiary/aromatic N) is 2. The van der Waals surface area contributed by atoms with E-state index in [-0.39, 0.29) is 16.6 Å². The molecular formula is C23H19FN2O2S. The van der Waals surface area contributed by atoms with Crippen LogP contribution in [0.5, 0.6) is 5.75 Å². The topological polar surface area (TPSA) is 44.1 Å². The number of hydrogen-bond acceptors (Lipinski definition) is 4. The molecular weight excluding hydrogens is 387 g/mol. The van der Waals surface area contributed by atoms with Crippen LogP contribution in [0.3, 0.4) is 0 Å². The lowest BCUT2D eigenvalue weighted by molar-refractivity contribution is 0.411. The van der Waals surface area contributed by atoms with E-state index in [1.807, 2.05) is 49.4 Å². The van der Waals surface area contributed by atoms with Gasteiger partial charge in [0.05, 0.1) is 23.7 Å². The fourth-order valence-corrected chi connectivity index (χ4v) is 4.23. The zero-order valence-corrected chi connectivity index (χ0v) is 16.8. The van der Waals surface area contributed by atoms with Crippen molar-refractivity contribution in [2.45, 2.75) is 17.3 Å².